The van der Waals surface area contributed by atoms with Crippen molar-refractivity contribution >= 4 is 5.91 Å². The maximum Gasteiger partial charge on any atom is 0.248 e. The number of methoxy groups -OCH3 is 1. The molecule has 0 aromatic heterocycles. The Balaban J connectivity index is 1.80. The highest BCUT2D eigenvalue weighted by Gasteiger charge is 2.27. The number of morpholine rings is 1. The summed E-state index contributed by atoms with van der Waals surface area (Å²) in [5, 5.41) is 0. The summed E-state index contributed by atoms with van der Waals surface area (Å²) < 4.78 is 16.2. The Morgan fingerprint density at radius 1 is 1.43 bits per heavy atom. The summed E-state index contributed by atoms with van der Waals surface area (Å²) in [4.78, 5) is 14.0. The summed E-state index contributed by atoms with van der Waals surface area (Å²) in [7, 11) is 1.63. The third-order valence-electron chi connectivity index (χ3n) is 3.56. The fourth-order valence-corrected chi connectivity index (χ4v) is 2.35. The monoisotopic (exact) mass is 293 g/mol. The van der Waals surface area contributed by atoms with Gasteiger partial charge in [0.2, 0.25) is 5.91 Å². The van der Waals surface area contributed by atoms with E-state index in [1.807, 2.05) is 43.0 Å². The molecule has 0 aliphatic carbocycles. The van der Waals surface area contributed by atoms with Gasteiger partial charge in [-0.05, 0) is 31.5 Å². The molecule has 1 amide bonds. The van der Waals surface area contributed by atoms with Crippen LogP contribution in [0.5, 0.6) is 5.75 Å². The molecule has 1 saturated heterocycles. The first-order valence-electron chi connectivity index (χ1n) is 7.22. The third kappa shape index (κ3) is 4.44. The molecule has 0 spiro atoms. The second kappa shape index (κ2) is 7.43. The maximum atomic E-state index is 12.2. The van der Waals surface area contributed by atoms with Crippen LogP contribution in [-0.2, 0) is 20.9 Å². The molecule has 0 bridgehead atoms. The van der Waals surface area contributed by atoms with Crippen LogP contribution >= 0.6 is 0 Å². The molecule has 0 N–H and O–H groups in total. The fourth-order valence-electron chi connectivity index (χ4n) is 2.35. The SMILES string of the molecule is COc1cccc(COCC(=O)N2C[C@@H](C)OC[C@H]2C)c1. The zero-order valence-electron chi connectivity index (χ0n) is 12.9. The molecule has 1 aliphatic heterocycles. The summed E-state index contributed by atoms with van der Waals surface area (Å²) >= 11 is 0. The van der Waals surface area contributed by atoms with Gasteiger partial charge in [-0.2, -0.15) is 0 Å². The molecule has 0 unspecified atom stereocenters. The van der Waals surface area contributed by atoms with Crippen molar-refractivity contribution in [1.29, 1.82) is 0 Å². The molecule has 116 valence electrons. The number of amides is 1. The van der Waals surface area contributed by atoms with E-state index in [1.54, 1.807) is 7.11 Å². The zero-order valence-corrected chi connectivity index (χ0v) is 12.9. The predicted octanol–water partition coefficient (Wildman–Crippen LogP) is 1.85. The minimum Gasteiger partial charge on any atom is -0.497 e. The van der Waals surface area contributed by atoms with Crippen LogP contribution in [0.25, 0.3) is 0 Å². The molecule has 1 aromatic carbocycles. The third-order valence-corrected chi connectivity index (χ3v) is 3.56. The average Bonchev–Trinajstić information content (AvgIpc) is 2.49. The quantitative estimate of drug-likeness (QED) is 0.831. The highest BCUT2D eigenvalue weighted by molar-refractivity contribution is 5.77. The van der Waals surface area contributed by atoms with E-state index in [0.717, 1.165) is 11.3 Å². The van der Waals surface area contributed by atoms with E-state index in [2.05, 4.69) is 0 Å². The summed E-state index contributed by atoms with van der Waals surface area (Å²) in [6.07, 6.45) is 0.0866. The second-order valence-electron chi connectivity index (χ2n) is 5.38. The number of carbonyl (C=O) groups is 1. The van der Waals surface area contributed by atoms with Crippen molar-refractivity contribution in [2.45, 2.75) is 32.6 Å². The topological polar surface area (TPSA) is 48.0 Å². The first-order chi connectivity index (χ1) is 10.1. The van der Waals surface area contributed by atoms with Crippen LogP contribution in [0.2, 0.25) is 0 Å². The number of nitrogens with zero attached hydrogens (tertiary/aromatic N) is 1. The van der Waals surface area contributed by atoms with Crippen LogP contribution in [0.15, 0.2) is 24.3 Å². The summed E-state index contributed by atoms with van der Waals surface area (Å²) in [5.74, 6) is 0.804. The Hall–Kier alpha value is -1.59. The van der Waals surface area contributed by atoms with Crippen molar-refractivity contribution in [3.05, 3.63) is 29.8 Å². The Kier molecular flexibility index (Phi) is 5.59. The standard InChI is InChI=1S/C16H23NO4/c1-12-9-21-13(2)8-17(12)16(18)11-20-10-14-5-4-6-15(7-14)19-3/h4-7,12-13H,8-11H2,1-3H3/t12-,13-/m1/s1. The van der Waals surface area contributed by atoms with Crippen LogP contribution in [-0.4, -0.2) is 49.8 Å². The molecule has 21 heavy (non-hydrogen) atoms. The number of carbonyl (C=O) groups excluding carboxylic acids is 1. The van der Waals surface area contributed by atoms with E-state index < -0.39 is 0 Å². The second-order valence-corrected chi connectivity index (χ2v) is 5.38. The van der Waals surface area contributed by atoms with Crippen molar-refractivity contribution in [3.8, 4) is 5.75 Å². The Morgan fingerprint density at radius 3 is 3.00 bits per heavy atom. The van der Waals surface area contributed by atoms with Gasteiger partial charge < -0.3 is 19.1 Å². The summed E-state index contributed by atoms with van der Waals surface area (Å²) in [6.45, 7) is 5.67. The lowest BCUT2D eigenvalue weighted by atomic mass is 10.2. The van der Waals surface area contributed by atoms with Crippen LogP contribution < -0.4 is 4.74 Å². The smallest absolute Gasteiger partial charge is 0.248 e. The molecule has 2 atom stereocenters. The van der Waals surface area contributed by atoms with E-state index in [1.165, 1.54) is 0 Å². The number of hydrogen-bond acceptors (Lipinski definition) is 4. The molecule has 0 saturated carbocycles. The van der Waals surface area contributed by atoms with Crippen molar-refractivity contribution in [1.82, 2.24) is 4.90 Å². The molecule has 0 radical (unpaired) electrons. The molecular weight excluding hydrogens is 270 g/mol. The van der Waals surface area contributed by atoms with Gasteiger partial charge in [0.1, 0.15) is 12.4 Å². The van der Waals surface area contributed by atoms with Crippen LogP contribution in [0.3, 0.4) is 0 Å². The Labute approximate surface area is 125 Å². The molecule has 1 aromatic rings. The molecule has 1 aliphatic rings. The first-order valence-corrected chi connectivity index (χ1v) is 7.22. The lowest BCUT2D eigenvalue weighted by Crippen LogP contribution is -2.51. The Morgan fingerprint density at radius 2 is 2.24 bits per heavy atom. The van der Waals surface area contributed by atoms with Gasteiger partial charge in [-0.25, -0.2) is 0 Å². The van der Waals surface area contributed by atoms with Crippen LogP contribution in [0.1, 0.15) is 19.4 Å². The van der Waals surface area contributed by atoms with Gasteiger partial charge in [-0.15, -0.1) is 0 Å². The molecular formula is C16H23NO4. The number of rotatable bonds is 5. The van der Waals surface area contributed by atoms with Gasteiger partial charge in [0.05, 0.1) is 32.5 Å². The van der Waals surface area contributed by atoms with E-state index in [4.69, 9.17) is 14.2 Å². The summed E-state index contributed by atoms with van der Waals surface area (Å²) in [5.41, 5.74) is 0.991. The van der Waals surface area contributed by atoms with Crippen molar-refractivity contribution < 1.29 is 19.0 Å². The largest absolute Gasteiger partial charge is 0.497 e. The molecule has 5 heteroatoms. The van der Waals surface area contributed by atoms with Crippen LogP contribution in [0.4, 0.5) is 0 Å². The molecule has 5 nitrogen and oxygen atoms in total. The van der Waals surface area contributed by atoms with Gasteiger partial charge in [0.25, 0.3) is 0 Å². The van der Waals surface area contributed by atoms with Gasteiger partial charge in [-0.3, -0.25) is 4.79 Å². The molecule has 1 fully saturated rings. The lowest BCUT2D eigenvalue weighted by Gasteiger charge is -2.36. The van der Waals surface area contributed by atoms with Gasteiger partial charge >= 0.3 is 0 Å². The van der Waals surface area contributed by atoms with Crippen LogP contribution in [0, 0.1) is 0 Å². The lowest BCUT2D eigenvalue weighted by molar-refractivity contribution is -0.148. The Bertz CT molecular complexity index is 477. The first kappa shape index (κ1) is 15.8. The highest BCUT2D eigenvalue weighted by Crippen LogP contribution is 2.14. The molecule has 1 heterocycles. The van der Waals surface area contributed by atoms with Crippen molar-refractivity contribution in [2.24, 2.45) is 0 Å². The van der Waals surface area contributed by atoms with Gasteiger partial charge in [0, 0.05) is 6.54 Å². The predicted molar refractivity (Wildman–Crippen MR) is 79.2 cm³/mol. The van der Waals surface area contributed by atoms with E-state index in [9.17, 15) is 4.79 Å². The minimum atomic E-state index is 0.0144. The zero-order chi connectivity index (χ0) is 15.2. The average molecular weight is 293 g/mol. The molecule has 2 rings (SSSR count). The normalized spacial score (nSPS) is 22.1. The van der Waals surface area contributed by atoms with Gasteiger partial charge in [-0.1, -0.05) is 12.1 Å². The number of benzene rings is 1. The van der Waals surface area contributed by atoms with E-state index >= 15 is 0 Å². The fraction of sp³-hybridized carbons (Fsp3) is 0.562. The summed E-state index contributed by atoms with van der Waals surface area (Å²) in [6, 6.07) is 7.75. The number of ether oxygens (including phenoxy) is 3. The minimum absolute atomic E-state index is 0.0144. The maximum absolute atomic E-state index is 12.2. The van der Waals surface area contributed by atoms with Crippen molar-refractivity contribution in [3.63, 3.8) is 0 Å². The van der Waals surface area contributed by atoms with E-state index in [-0.39, 0.29) is 24.7 Å². The van der Waals surface area contributed by atoms with E-state index in [0.29, 0.717) is 19.8 Å². The van der Waals surface area contributed by atoms with Gasteiger partial charge in [0.15, 0.2) is 0 Å². The van der Waals surface area contributed by atoms with Crippen molar-refractivity contribution in [2.75, 3.05) is 26.9 Å². The highest BCUT2D eigenvalue weighted by atomic mass is 16.5. The number of hydrogen-bond donors (Lipinski definition) is 0.